The highest BCUT2D eigenvalue weighted by atomic mass is 127. The lowest BCUT2D eigenvalue weighted by Crippen LogP contribution is -2.46. The molecule has 2 aromatic carbocycles. The predicted octanol–water partition coefficient (Wildman–Crippen LogP) is 3.21. The van der Waals surface area contributed by atoms with Gasteiger partial charge in [-0.05, 0) is 49.2 Å². The number of aliphatic imine (C=N–C) groups is 1. The molecule has 1 saturated heterocycles. The summed E-state index contributed by atoms with van der Waals surface area (Å²) in [6.45, 7) is 2.88. The molecule has 3 N–H and O–H groups in total. The summed E-state index contributed by atoms with van der Waals surface area (Å²) in [5, 5.41) is 9.07. The number of amides is 1. The number of guanidine groups is 1. The molecule has 6 nitrogen and oxygen atoms in total. The van der Waals surface area contributed by atoms with Gasteiger partial charge in [0.2, 0.25) is 5.91 Å². The summed E-state index contributed by atoms with van der Waals surface area (Å²) in [6.07, 6.45) is 2.33. The summed E-state index contributed by atoms with van der Waals surface area (Å²) in [7, 11) is 1.68. The van der Waals surface area contributed by atoms with E-state index in [1.807, 2.05) is 6.07 Å². The van der Waals surface area contributed by atoms with E-state index >= 15 is 0 Å². The van der Waals surface area contributed by atoms with Gasteiger partial charge in [0.15, 0.2) is 5.96 Å². The lowest BCUT2D eigenvalue weighted by atomic mass is 10.2. The number of benzene rings is 2. The largest absolute Gasteiger partial charge is 0.355 e. The van der Waals surface area contributed by atoms with Gasteiger partial charge in [-0.1, -0.05) is 30.3 Å². The molecule has 30 heavy (non-hydrogen) atoms. The number of halogens is 2. The van der Waals surface area contributed by atoms with Gasteiger partial charge in [-0.3, -0.25) is 14.7 Å². The van der Waals surface area contributed by atoms with Crippen LogP contribution < -0.4 is 16.0 Å². The highest BCUT2D eigenvalue weighted by Gasteiger charge is 2.24. The molecule has 0 saturated carbocycles. The van der Waals surface area contributed by atoms with Crippen molar-refractivity contribution < 1.29 is 9.18 Å². The van der Waals surface area contributed by atoms with E-state index in [4.69, 9.17) is 0 Å². The number of carbonyl (C=O) groups excluding carboxylic acids is 1. The second-order valence-electron chi connectivity index (χ2n) is 7.11. The van der Waals surface area contributed by atoms with Crippen molar-refractivity contribution in [3.63, 3.8) is 0 Å². The first-order valence-electron chi connectivity index (χ1n) is 9.92. The molecule has 1 fully saturated rings. The van der Waals surface area contributed by atoms with Gasteiger partial charge < -0.3 is 16.0 Å². The summed E-state index contributed by atoms with van der Waals surface area (Å²) in [4.78, 5) is 18.8. The molecule has 8 heteroatoms. The van der Waals surface area contributed by atoms with Crippen molar-refractivity contribution >= 4 is 41.5 Å². The fourth-order valence-electron chi connectivity index (χ4n) is 3.49. The maximum atomic E-state index is 12.9. The number of nitrogens with zero attached hydrogens (tertiary/aromatic N) is 2. The van der Waals surface area contributed by atoms with Crippen molar-refractivity contribution in [1.29, 1.82) is 0 Å². The van der Waals surface area contributed by atoms with Crippen molar-refractivity contribution in [3.05, 3.63) is 66.0 Å². The van der Waals surface area contributed by atoms with Crippen molar-refractivity contribution in [1.82, 2.24) is 15.5 Å². The van der Waals surface area contributed by atoms with Crippen LogP contribution in [0.25, 0.3) is 0 Å². The van der Waals surface area contributed by atoms with Gasteiger partial charge in [0, 0.05) is 31.9 Å². The van der Waals surface area contributed by atoms with Crippen molar-refractivity contribution in [2.24, 2.45) is 4.99 Å². The van der Waals surface area contributed by atoms with E-state index < -0.39 is 0 Å². The van der Waals surface area contributed by atoms with E-state index in [1.54, 1.807) is 7.05 Å². The zero-order valence-electron chi connectivity index (χ0n) is 17.1. The Morgan fingerprint density at radius 2 is 1.87 bits per heavy atom. The zero-order valence-corrected chi connectivity index (χ0v) is 19.4. The number of nitrogens with one attached hydrogen (secondary N) is 3. The molecule has 0 aliphatic carbocycles. The molecule has 162 valence electrons. The van der Waals surface area contributed by atoms with Crippen LogP contribution in [0.5, 0.6) is 0 Å². The third-order valence-electron chi connectivity index (χ3n) is 5.00. The Balaban J connectivity index is 0.00000320. The van der Waals surface area contributed by atoms with Gasteiger partial charge in [-0.15, -0.1) is 24.0 Å². The smallest absolute Gasteiger partial charge is 0.243 e. The molecule has 1 unspecified atom stereocenters. The van der Waals surface area contributed by atoms with Crippen LogP contribution in [0.3, 0.4) is 0 Å². The summed E-state index contributed by atoms with van der Waals surface area (Å²) >= 11 is 0. The lowest BCUT2D eigenvalue weighted by Gasteiger charge is -2.25. The van der Waals surface area contributed by atoms with Crippen molar-refractivity contribution in [2.45, 2.75) is 25.4 Å². The molecule has 1 heterocycles. The summed E-state index contributed by atoms with van der Waals surface area (Å²) in [6, 6.07) is 16.6. The molecular formula is C22H29FIN5O. The molecule has 0 spiro atoms. The lowest BCUT2D eigenvalue weighted by molar-refractivity contribution is -0.115. The Morgan fingerprint density at radius 1 is 1.13 bits per heavy atom. The maximum absolute atomic E-state index is 12.9. The fraction of sp³-hybridized carbons (Fsp3) is 0.364. The Bertz CT molecular complexity index is 816. The number of likely N-dealkylation sites (tertiary alicyclic amines) is 1. The third-order valence-corrected chi connectivity index (χ3v) is 5.00. The normalized spacial score (nSPS) is 16.6. The highest BCUT2D eigenvalue weighted by Crippen LogP contribution is 2.19. The number of anilines is 1. The Labute approximate surface area is 194 Å². The van der Waals surface area contributed by atoms with Crippen molar-refractivity contribution in [3.8, 4) is 0 Å². The van der Waals surface area contributed by atoms with Gasteiger partial charge in [0.25, 0.3) is 0 Å². The minimum atomic E-state index is -0.334. The highest BCUT2D eigenvalue weighted by molar-refractivity contribution is 14.0. The quantitative estimate of drug-likeness (QED) is 0.295. The van der Waals surface area contributed by atoms with E-state index in [9.17, 15) is 9.18 Å². The van der Waals surface area contributed by atoms with Gasteiger partial charge >= 0.3 is 0 Å². The number of rotatable bonds is 7. The Hall–Kier alpha value is -2.20. The van der Waals surface area contributed by atoms with Crippen LogP contribution in [0.4, 0.5) is 10.1 Å². The van der Waals surface area contributed by atoms with Crippen LogP contribution in [-0.4, -0.2) is 49.5 Å². The van der Waals surface area contributed by atoms with E-state index in [0.29, 0.717) is 17.7 Å². The molecular weight excluding hydrogens is 496 g/mol. The van der Waals surface area contributed by atoms with Crippen LogP contribution in [0.1, 0.15) is 18.4 Å². The predicted molar refractivity (Wildman–Crippen MR) is 130 cm³/mol. The van der Waals surface area contributed by atoms with Gasteiger partial charge in [0.05, 0.1) is 6.54 Å². The van der Waals surface area contributed by atoms with Gasteiger partial charge in [-0.2, -0.15) is 0 Å². The Morgan fingerprint density at radius 3 is 2.57 bits per heavy atom. The summed E-state index contributed by atoms with van der Waals surface area (Å²) < 4.78 is 12.9. The summed E-state index contributed by atoms with van der Waals surface area (Å²) in [5.74, 6) is 0.0379. The van der Waals surface area contributed by atoms with Gasteiger partial charge in [-0.25, -0.2) is 4.39 Å². The molecule has 1 amide bonds. The molecule has 1 aliphatic rings. The second kappa shape index (κ2) is 12.5. The van der Waals surface area contributed by atoms with Crippen LogP contribution in [-0.2, 0) is 11.3 Å². The first-order chi connectivity index (χ1) is 14.1. The molecule has 2 aromatic rings. The van der Waals surface area contributed by atoms with Crippen LogP contribution >= 0.6 is 24.0 Å². The third kappa shape index (κ3) is 7.56. The van der Waals surface area contributed by atoms with Crippen LogP contribution in [0.15, 0.2) is 59.6 Å². The van der Waals surface area contributed by atoms with E-state index in [2.05, 4.69) is 50.1 Å². The first-order valence-corrected chi connectivity index (χ1v) is 9.92. The zero-order chi connectivity index (χ0) is 20.5. The van der Waals surface area contributed by atoms with E-state index in [0.717, 1.165) is 26.1 Å². The number of carbonyl (C=O) groups is 1. The minimum Gasteiger partial charge on any atom is -0.355 e. The summed E-state index contributed by atoms with van der Waals surface area (Å²) in [5.41, 5.74) is 1.88. The van der Waals surface area contributed by atoms with Crippen LogP contribution in [0.2, 0.25) is 0 Å². The number of hydrogen-bond acceptors (Lipinski definition) is 3. The van der Waals surface area contributed by atoms with Gasteiger partial charge in [0.1, 0.15) is 5.82 Å². The number of hydrogen-bond donors (Lipinski definition) is 3. The molecule has 1 atom stereocenters. The SMILES string of the molecule is CN=C(NCC(=O)Nc1ccc(F)cc1)NCC1CCCN1Cc1ccccc1.I. The van der Waals surface area contributed by atoms with E-state index in [-0.39, 0.29) is 42.2 Å². The average molecular weight is 525 g/mol. The molecule has 0 radical (unpaired) electrons. The second-order valence-corrected chi connectivity index (χ2v) is 7.11. The molecule has 0 bridgehead atoms. The molecule has 3 rings (SSSR count). The molecule has 0 aromatic heterocycles. The minimum absolute atomic E-state index is 0. The van der Waals surface area contributed by atoms with E-state index in [1.165, 1.54) is 36.2 Å². The Kier molecular flexibility index (Phi) is 10.0. The monoisotopic (exact) mass is 525 g/mol. The molecule has 1 aliphatic heterocycles. The maximum Gasteiger partial charge on any atom is 0.243 e. The average Bonchev–Trinajstić information content (AvgIpc) is 3.17. The van der Waals surface area contributed by atoms with Crippen molar-refractivity contribution in [2.75, 3.05) is 32.0 Å². The fourth-order valence-corrected chi connectivity index (χ4v) is 3.49. The standard InChI is InChI=1S/C22H28FN5O.HI/c1-24-22(26-15-21(29)27-19-11-9-18(23)10-12-19)25-14-20-8-5-13-28(20)16-17-6-3-2-4-7-17;/h2-4,6-7,9-12,20H,5,8,13-16H2,1H3,(H,27,29)(H2,24,25,26);1H. The first kappa shape index (κ1) is 24.1. The van der Waals surface area contributed by atoms with Crippen LogP contribution in [0, 0.1) is 5.82 Å². The topological polar surface area (TPSA) is 68.8 Å².